The van der Waals surface area contributed by atoms with Crippen molar-refractivity contribution in [2.45, 2.75) is 13.3 Å². The molecule has 0 amide bonds. The molecule has 1 rings (SSSR count). The van der Waals surface area contributed by atoms with Crippen molar-refractivity contribution < 1.29 is 9.90 Å². The molecule has 1 aromatic heterocycles. The van der Waals surface area contributed by atoms with Crippen molar-refractivity contribution in [1.82, 2.24) is 9.78 Å². The fraction of sp³-hybridized carbons (Fsp3) is 0.333. The number of hydrogen-bond acceptors (Lipinski definition) is 2. The van der Waals surface area contributed by atoms with Gasteiger partial charge in [-0.3, -0.25) is 4.68 Å². The summed E-state index contributed by atoms with van der Waals surface area (Å²) in [7, 11) is 1.78. The topological polar surface area (TPSA) is 55.1 Å². The summed E-state index contributed by atoms with van der Waals surface area (Å²) in [5, 5.41) is 12.5. The molecule has 0 saturated carbocycles. The zero-order valence-corrected chi connectivity index (χ0v) is 7.53. The summed E-state index contributed by atoms with van der Waals surface area (Å²) >= 11 is 0. The quantitative estimate of drug-likeness (QED) is 0.634. The molecule has 0 aliphatic rings. The van der Waals surface area contributed by atoms with E-state index < -0.39 is 5.97 Å². The smallest absolute Gasteiger partial charge is 0.382 e. The molecule has 0 aliphatic carbocycles. The van der Waals surface area contributed by atoms with Crippen LogP contribution in [0.25, 0.3) is 0 Å². The molecule has 4 nitrogen and oxygen atoms in total. The fourth-order valence-electron chi connectivity index (χ4n) is 1.02. The molecule has 1 aromatic rings. The van der Waals surface area contributed by atoms with E-state index in [1.54, 1.807) is 17.9 Å². The highest BCUT2D eigenvalue weighted by atomic mass is 16.4. The minimum atomic E-state index is -1.12. The van der Waals surface area contributed by atoms with Gasteiger partial charge in [-0.2, -0.15) is 5.10 Å². The molecule has 4 heteroatoms. The standard InChI is InChI=1S/C9H10N2O2/c1-3-8-7(4-5-9(12)13)6-11(2)10-8/h6H,3H2,1-2H3,(H,12,13). The second kappa shape index (κ2) is 3.76. The molecule has 1 N–H and O–H groups in total. The molecule has 13 heavy (non-hydrogen) atoms. The Bertz CT molecular complexity index is 382. The molecular formula is C9H10N2O2. The average molecular weight is 178 g/mol. The molecule has 0 atom stereocenters. The summed E-state index contributed by atoms with van der Waals surface area (Å²) in [4.78, 5) is 10.2. The van der Waals surface area contributed by atoms with Crippen molar-refractivity contribution in [3.05, 3.63) is 17.5 Å². The van der Waals surface area contributed by atoms with Crippen LogP contribution >= 0.6 is 0 Å². The Morgan fingerprint density at radius 3 is 3.00 bits per heavy atom. The molecule has 0 aromatic carbocycles. The molecule has 0 unspecified atom stereocenters. The van der Waals surface area contributed by atoms with Gasteiger partial charge in [-0.25, -0.2) is 4.79 Å². The molecule has 0 bridgehead atoms. The SMILES string of the molecule is CCc1nn(C)cc1C#CC(=O)O. The first-order valence-electron chi connectivity index (χ1n) is 3.91. The van der Waals surface area contributed by atoms with Crippen LogP contribution in [0, 0.1) is 11.8 Å². The van der Waals surface area contributed by atoms with E-state index in [1.807, 2.05) is 6.92 Å². The third-order valence-electron chi connectivity index (χ3n) is 1.54. The highest BCUT2D eigenvalue weighted by Crippen LogP contribution is 2.04. The van der Waals surface area contributed by atoms with E-state index in [4.69, 9.17) is 5.11 Å². The van der Waals surface area contributed by atoms with Crippen molar-refractivity contribution >= 4 is 5.97 Å². The minimum Gasteiger partial charge on any atom is -0.472 e. The Kier molecular flexibility index (Phi) is 2.70. The monoisotopic (exact) mass is 178 g/mol. The Labute approximate surface area is 76.2 Å². The van der Waals surface area contributed by atoms with Gasteiger partial charge < -0.3 is 5.11 Å². The van der Waals surface area contributed by atoms with Crippen LogP contribution in [0.5, 0.6) is 0 Å². The summed E-state index contributed by atoms with van der Waals surface area (Å²) in [5.74, 6) is 3.50. The van der Waals surface area contributed by atoms with Crippen LogP contribution in [-0.4, -0.2) is 20.9 Å². The van der Waals surface area contributed by atoms with Gasteiger partial charge in [-0.05, 0) is 6.42 Å². The predicted molar refractivity (Wildman–Crippen MR) is 47.1 cm³/mol. The first-order valence-corrected chi connectivity index (χ1v) is 3.91. The van der Waals surface area contributed by atoms with Crippen LogP contribution in [0.3, 0.4) is 0 Å². The Hall–Kier alpha value is -1.76. The van der Waals surface area contributed by atoms with Gasteiger partial charge in [0.25, 0.3) is 0 Å². The van der Waals surface area contributed by atoms with Gasteiger partial charge in [-0.1, -0.05) is 12.8 Å². The lowest BCUT2D eigenvalue weighted by atomic mass is 10.2. The predicted octanol–water partition coefficient (Wildman–Crippen LogP) is 0.419. The highest BCUT2D eigenvalue weighted by Gasteiger charge is 2.02. The molecule has 0 aliphatic heterocycles. The maximum atomic E-state index is 10.2. The number of rotatable bonds is 1. The summed E-state index contributed by atoms with van der Waals surface area (Å²) in [6.45, 7) is 1.95. The maximum Gasteiger partial charge on any atom is 0.382 e. The first kappa shape index (κ1) is 9.33. The van der Waals surface area contributed by atoms with Crippen LogP contribution in [0.1, 0.15) is 18.2 Å². The van der Waals surface area contributed by atoms with Crippen LogP contribution in [-0.2, 0) is 18.3 Å². The van der Waals surface area contributed by atoms with Crippen molar-refractivity contribution in [2.24, 2.45) is 7.05 Å². The Morgan fingerprint density at radius 1 is 1.77 bits per heavy atom. The van der Waals surface area contributed by atoms with E-state index in [0.717, 1.165) is 12.1 Å². The van der Waals surface area contributed by atoms with Crippen molar-refractivity contribution in [1.29, 1.82) is 0 Å². The number of aliphatic carboxylic acids is 1. The van der Waals surface area contributed by atoms with Crippen LogP contribution < -0.4 is 0 Å². The van der Waals surface area contributed by atoms with Gasteiger partial charge in [-0.15, -0.1) is 0 Å². The van der Waals surface area contributed by atoms with Crippen molar-refractivity contribution in [3.8, 4) is 11.8 Å². The normalized spacial score (nSPS) is 9.08. The lowest BCUT2D eigenvalue weighted by Crippen LogP contribution is -1.90. The lowest BCUT2D eigenvalue weighted by Gasteiger charge is -1.86. The second-order valence-electron chi connectivity index (χ2n) is 2.57. The third-order valence-corrected chi connectivity index (χ3v) is 1.54. The van der Waals surface area contributed by atoms with Gasteiger partial charge in [0.2, 0.25) is 0 Å². The zero-order chi connectivity index (χ0) is 9.84. The largest absolute Gasteiger partial charge is 0.472 e. The molecule has 1 heterocycles. The van der Waals surface area contributed by atoms with Crippen molar-refractivity contribution in [2.75, 3.05) is 0 Å². The van der Waals surface area contributed by atoms with Crippen LogP contribution in [0.4, 0.5) is 0 Å². The number of carboxylic acids is 1. The summed E-state index contributed by atoms with van der Waals surface area (Å²) in [6.07, 6.45) is 2.47. The molecule has 0 radical (unpaired) electrons. The number of nitrogens with zero attached hydrogens (tertiary/aromatic N) is 2. The fourth-order valence-corrected chi connectivity index (χ4v) is 1.02. The number of carbonyl (C=O) groups is 1. The van der Waals surface area contributed by atoms with E-state index in [9.17, 15) is 4.79 Å². The number of aromatic nitrogens is 2. The van der Waals surface area contributed by atoms with Crippen LogP contribution in [0.15, 0.2) is 6.20 Å². The highest BCUT2D eigenvalue weighted by molar-refractivity contribution is 5.87. The van der Waals surface area contributed by atoms with E-state index in [-0.39, 0.29) is 0 Å². The van der Waals surface area contributed by atoms with E-state index in [0.29, 0.717) is 5.56 Å². The molecule has 0 fully saturated rings. The second-order valence-corrected chi connectivity index (χ2v) is 2.57. The summed E-state index contributed by atoms with van der Waals surface area (Å²) < 4.78 is 1.63. The summed E-state index contributed by atoms with van der Waals surface area (Å²) in [6, 6.07) is 0. The number of hydrogen-bond donors (Lipinski definition) is 1. The maximum absolute atomic E-state index is 10.2. The first-order chi connectivity index (χ1) is 6.13. The van der Waals surface area contributed by atoms with Gasteiger partial charge in [0.05, 0.1) is 11.3 Å². The van der Waals surface area contributed by atoms with E-state index >= 15 is 0 Å². The van der Waals surface area contributed by atoms with E-state index in [1.165, 1.54) is 0 Å². The molecule has 0 spiro atoms. The molecule has 68 valence electrons. The van der Waals surface area contributed by atoms with Gasteiger partial charge in [0.1, 0.15) is 0 Å². The zero-order valence-electron chi connectivity index (χ0n) is 7.53. The van der Waals surface area contributed by atoms with Gasteiger partial charge >= 0.3 is 5.97 Å². The Morgan fingerprint density at radius 2 is 2.46 bits per heavy atom. The Balaban J connectivity index is 3.01. The van der Waals surface area contributed by atoms with Gasteiger partial charge in [0, 0.05) is 19.2 Å². The number of carboxylic acid groups (broad SMARTS) is 1. The average Bonchev–Trinajstić information content (AvgIpc) is 2.42. The minimum absolute atomic E-state index is 0.687. The van der Waals surface area contributed by atoms with Crippen molar-refractivity contribution in [3.63, 3.8) is 0 Å². The number of aryl methyl sites for hydroxylation is 2. The third kappa shape index (κ3) is 2.34. The molecule has 0 saturated heterocycles. The van der Waals surface area contributed by atoms with Crippen LogP contribution in [0.2, 0.25) is 0 Å². The van der Waals surface area contributed by atoms with E-state index in [2.05, 4.69) is 16.9 Å². The van der Waals surface area contributed by atoms with Gasteiger partial charge in [0.15, 0.2) is 0 Å². The molecular weight excluding hydrogens is 168 g/mol. The lowest BCUT2D eigenvalue weighted by molar-refractivity contribution is -0.130. The summed E-state index contributed by atoms with van der Waals surface area (Å²) in [5.41, 5.74) is 1.52.